The molecule has 0 unspecified atom stereocenters. The van der Waals surface area contributed by atoms with E-state index in [4.69, 9.17) is 0 Å². The van der Waals surface area contributed by atoms with Crippen molar-refractivity contribution >= 4 is 11.9 Å². The molecule has 0 heterocycles. The van der Waals surface area contributed by atoms with E-state index in [-0.39, 0.29) is 17.9 Å². The van der Waals surface area contributed by atoms with Crippen LogP contribution in [-0.2, 0) is 10.2 Å². The highest BCUT2D eigenvalue weighted by Gasteiger charge is 2.28. The molecular formula is C20H32N4O. The van der Waals surface area contributed by atoms with Crippen LogP contribution in [0, 0.1) is 0 Å². The number of rotatable bonds is 9. The van der Waals surface area contributed by atoms with Gasteiger partial charge >= 0.3 is 0 Å². The molecule has 1 fully saturated rings. The van der Waals surface area contributed by atoms with Crippen molar-refractivity contribution in [2.24, 2.45) is 4.99 Å². The Morgan fingerprint density at radius 3 is 2.36 bits per heavy atom. The minimum Gasteiger partial charge on any atom is -0.357 e. The molecule has 3 N–H and O–H groups in total. The first-order valence-electron chi connectivity index (χ1n) is 9.50. The van der Waals surface area contributed by atoms with Crippen LogP contribution in [0.15, 0.2) is 35.3 Å². The van der Waals surface area contributed by atoms with Gasteiger partial charge in [-0.25, -0.2) is 4.99 Å². The lowest BCUT2D eigenvalue weighted by Crippen LogP contribution is -2.45. The van der Waals surface area contributed by atoms with Crippen molar-refractivity contribution in [2.45, 2.75) is 57.9 Å². The number of aliphatic imine (C=N–C) groups is 1. The third kappa shape index (κ3) is 5.76. The number of carbonyl (C=O) groups excluding carboxylic acids is 1. The van der Waals surface area contributed by atoms with Gasteiger partial charge in [-0.05, 0) is 38.2 Å². The van der Waals surface area contributed by atoms with Crippen LogP contribution in [0.4, 0.5) is 0 Å². The number of carbonyl (C=O) groups is 1. The number of amides is 1. The van der Waals surface area contributed by atoms with Crippen molar-refractivity contribution in [3.05, 3.63) is 35.9 Å². The highest BCUT2D eigenvalue weighted by Crippen LogP contribution is 2.30. The van der Waals surface area contributed by atoms with Crippen molar-refractivity contribution in [1.82, 2.24) is 16.0 Å². The van der Waals surface area contributed by atoms with Gasteiger partial charge < -0.3 is 16.0 Å². The van der Waals surface area contributed by atoms with E-state index in [1.54, 1.807) is 0 Å². The monoisotopic (exact) mass is 344 g/mol. The maximum absolute atomic E-state index is 11.9. The van der Waals surface area contributed by atoms with Crippen LogP contribution in [0.25, 0.3) is 0 Å². The van der Waals surface area contributed by atoms with E-state index in [1.165, 1.54) is 5.56 Å². The van der Waals surface area contributed by atoms with Crippen LogP contribution in [0.2, 0.25) is 0 Å². The first-order chi connectivity index (χ1) is 12.1. The Morgan fingerprint density at radius 1 is 1.12 bits per heavy atom. The molecule has 0 atom stereocenters. The average Bonchev–Trinajstić information content (AvgIpc) is 3.45. The maximum Gasteiger partial charge on any atom is 0.242 e. The fraction of sp³-hybridized carbons (Fsp3) is 0.600. The van der Waals surface area contributed by atoms with Crippen LogP contribution in [0.5, 0.6) is 0 Å². The van der Waals surface area contributed by atoms with E-state index in [9.17, 15) is 4.79 Å². The molecule has 138 valence electrons. The van der Waals surface area contributed by atoms with Gasteiger partial charge in [0.15, 0.2) is 5.96 Å². The van der Waals surface area contributed by atoms with Gasteiger partial charge in [0.2, 0.25) is 5.91 Å². The Hall–Kier alpha value is -2.04. The Bertz CT molecular complexity index is 562. The van der Waals surface area contributed by atoms with Crippen LogP contribution in [0.3, 0.4) is 0 Å². The molecule has 1 amide bonds. The van der Waals surface area contributed by atoms with Crippen molar-refractivity contribution in [2.75, 3.05) is 19.6 Å². The van der Waals surface area contributed by atoms with Gasteiger partial charge in [0.05, 0.1) is 0 Å². The van der Waals surface area contributed by atoms with Gasteiger partial charge in [0, 0.05) is 24.5 Å². The summed E-state index contributed by atoms with van der Waals surface area (Å²) in [6.45, 7) is 8.22. The molecule has 0 saturated heterocycles. The van der Waals surface area contributed by atoms with Crippen molar-refractivity contribution in [3.63, 3.8) is 0 Å². The van der Waals surface area contributed by atoms with Crippen molar-refractivity contribution in [3.8, 4) is 0 Å². The molecule has 0 radical (unpaired) electrons. The van der Waals surface area contributed by atoms with Gasteiger partial charge in [-0.2, -0.15) is 0 Å². The van der Waals surface area contributed by atoms with E-state index < -0.39 is 0 Å². The average molecular weight is 345 g/mol. The fourth-order valence-electron chi connectivity index (χ4n) is 3.05. The van der Waals surface area contributed by atoms with Crippen molar-refractivity contribution < 1.29 is 4.79 Å². The van der Waals surface area contributed by atoms with Gasteiger partial charge in [0.1, 0.15) is 6.54 Å². The number of nitrogens with zero attached hydrogens (tertiary/aromatic N) is 1. The zero-order valence-electron chi connectivity index (χ0n) is 15.8. The lowest BCUT2D eigenvalue weighted by Gasteiger charge is -2.33. The molecule has 0 spiro atoms. The van der Waals surface area contributed by atoms with Crippen molar-refractivity contribution in [1.29, 1.82) is 0 Å². The molecule has 1 aromatic carbocycles. The third-order valence-corrected chi connectivity index (χ3v) is 5.00. The zero-order valence-corrected chi connectivity index (χ0v) is 15.8. The second-order valence-electron chi connectivity index (χ2n) is 6.74. The Balaban J connectivity index is 2.00. The van der Waals surface area contributed by atoms with Crippen LogP contribution in [0.1, 0.15) is 52.0 Å². The first kappa shape index (κ1) is 19.3. The van der Waals surface area contributed by atoms with Gasteiger partial charge in [-0.3, -0.25) is 4.79 Å². The minimum absolute atomic E-state index is 0.00000810. The predicted octanol–water partition coefficient (Wildman–Crippen LogP) is 2.58. The summed E-state index contributed by atoms with van der Waals surface area (Å²) in [4.78, 5) is 16.3. The number of hydrogen-bond acceptors (Lipinski definition) is 2. The summed E-state index contributed by atoms with van der Waals surface area (Å²) >= 11 is 0. The molecule has 0 aliphatic heterocycles. The van der Waals surface area contributed by atoms with Gasteiger partial charge in [-0.1, -0.05) is 44.2 Å². The zero-order chi connectivity index (χ0) is 18.1. The standard InChI is InChI=1S/C20H32N4O/c1-4-20(5-2,16-10-8-7-9-11-16)15-23-19(21-6-3)22-14-18(25)24-17-12-13-17/h7-11,17H,4-6,12-15H2,1-3H3,(H,24,25)(H2,21,22,23). The molecule has 0 aromatic heterocycles. The summed E-state index contributed by atoms with van der Waals surface area (Å²) < 4.78 is 0. The van der Waals surface area contributed by atoms with E-state index in [0.717, 1.165) is 38.8 Å². The third-order valence-electron chi connectivity index (χ3n) is 5.00. The SMILES string of the molecule is CCNC(=NCC(=O)NC1CC1)NCC(CC)(CC)c1ccccc1. The van der Waals surface area contributed by atoms with Gasteiger partial charge in [-0.15, -0.1) is 0 Å². The minimum atomic E-state index is 0.00000810. The van der Waals surface area contributed by atoms with E-state index in [2.05, 4.69) is 65.1 Å². The summed E-state index contributed by atoms with van der Waals surface area (Å²) in [7, 11) is 0. The van der Waals surface area contributed by atoms with E-state index >= 15 is 0 Å². The lowest BCUT2D eigenvalue weighted by molar-refractivity contribution is -0.119. The molecule has 25 heavy (non-hydrogen) atoms. The summed E-state index contributed by atoms with van der Waals surface area (Å²) in [6.07, 6.45) is 4.28. The van der Waals surface area contributed by atoms with Crippen LogP contribution >= 0.6 is 0 Å². The summed E-state index contributed by atoms with van der Waals surface area (Å²) in [5, 5.41) is 9.65. The molecule has 0 bridgehead atoms. The number of guanidine groups is 1. The molecule has 1 aliphatic carbocycles. The Kier molecular flexibility index (Phi) is 7.29. The number of hydrogen-bond donors (Lipinski definition) is 3. The normalized spacial score (nSPS) is 14.9. The topological polar surface area (TPSA) is 65.5 Å². The Morgan fingerprint density at radius 2 is 1.80 bits per heavy atom. The highest BCUT2D eigenvalue weighted by atomic mass is 16.2. The molecule has 5 heteroatoms. The quantitative estimate of drug-likeness (QED) is 0.476. The molecular weight excluding hydrogens is 312 g/mol. The molecule has 1 saturated carbocycles. The summed E-state index contributed by atoms with van der Waals surface area (Å²) in [6, 6.07) is 11.0. The van der Waals surface area contributed by atoms with E-state index in [0.29, 0.717) is 12.0 Å². The molecule has 1 aliphatic rings. The van der Waals surface area contributed by atoms with Crippen LogP contribution < -0.4 is 16.0 Å². The molecule has 2 rings (SSSR count). The fourth-order valence-corrected chi connectivity index (χ4v) is 3.05. The smallest absolute Gasteiger partial charge is 0.242 e. The highest BCUT2D eigenvalue weighted by molar-refractivity contribution is 5.85. The summed E-state index contributed by atoms with van der Waals surface area (Å²) in [5.41, 5.74) is 1.41. The summed E-state index contributed by atoms with van der Waals surface area (Å²) in [5.74, 6) is 0.704. The second-order valence-corrected chi connectivity index (χ2v) is 6.74. The van der Waals surface area contributed by atoms with E-state index in [1.807, 2.05) is 6.92 Å². The largest absolute Gasteiger partial charge is 0.357 e. The number of benzene rings is 1. The lowest BCUT2D eigenvalue weighted by atomic mass is 9.76. The molecule has 5 nitrogen and oxygen atoms in total. The second kappa shape index (κ2) is 9.44. The first-order valence-corrected chi connectivity index (χ1v) is 9.50. The van der Waals surface area contributed by atoms with Crippen LogP contribution in [-0.4, -0.2) is 37.5 Å². The molecule has 1 aromatic rings. The van der Waals surface area contributed by atoms with Gasteiger partial charge in [0.25, 0.3) is 0 Å². The number of nitrogens with one attached hydrogen (secondary N) is 3. The Labute approximate surface area is 151 Å². The predicted molar refractivity (Wildman–Crippen MR) is 104 cm³/mol. The maximum atomic E-state index is 11.9.